The standard InChI is InChI=1S/C11H14N6O2/c12-8-17(5-6-19-7-10(13)18)11(14)16-9-1-3-15-4-2-9/h1-4H,5-7H2,(H2,13,18)(H2,14,15,16). The Morgan fingerprint density at radius 3 is 2.84 bits per heavy atom. The summed E-state index contributed by atoms with van der Waals surface area (Å²) in [5, 5.41) is 19.4. The minimum Gasteiger partial charge on any atom is -0.370 e. The number of aromatic nitrogens is 1. The van der Waals surface area contributed by atoms with Crippen LogP contribution >= 0.6 is 0 Å². The Kier molecular flexibility index (Phi) is 5.78. The zero-order valence-corrected chi connectivity index (χ0v) is 10.2. The van der Waals surface area contributed by atoms with Gasteiger partial charge in [-0.1, -0.05) is 0 Å². The molecule has 19 heavy (non-hydrogen) atoms. The minimum absolute atomic E-state index is 0.0867. The summed E-state index contributed by atoms with van der Waals surface area (Å²) < 4.78 is 4.93. The summed E-state index contributed by atoms with van der Waals surface area (Å²) in [6, 6.07) is 3.35. The molecule has 8 nitrogen and oxygen atoms in total. The SMILES string of the molecule is N#CN(CCOCC(N)=O)C(=N)Nc1ccncc1. The molecule has 0 aliphatic carbocycles. The lowest BCUT2D eigenvalue weighted by atomic mass is 10.4. The molecule has 1 amide bonds. The van der Waals surface area contributed by atoms with Crippen molar-refractivity contribution in [3.8, 4) is 6.19 Å². The number of hydrogen-bond acceptors (Lipinski definition) is 5. The lowest BCUT2D eigenvalue weighted by Crippen LogP contribution is -2.34. The van der Waals surface area contributed by atoms with E-state index >= 15 is 0 Å². The van der Waals surface area contributed by atoms with Gasteiger partial charge in [0.05, 0.1) is 13.2 Å². The number of nitrogens with zero attached hydrogens (tertiary/aromatic N) is 3. The molecule has 1 aromatic rings. The van der Waals surface area contributed by atoms with Crippen molar-refractivity contribution >= 4 is 17.6 Å². The highest BCUT2D eigenvalue weighted by atomic mass is 16.5. The number of nitrogens with two attached hydrogens (primary N) is 1. The Bertz CT molecular complexity index is 470. The number of guanidine groups is 1. The van der Waals surface area contributed by atoms with E-state index in [-0.39, 0.29) is 25.7 Å². The monoisotopic (exact) mass is 262 g/mol. The summed E-state index contributed by atoms with van der Waals surface area (Å²) in [4.78, 5) is 15.4. The predicted octanol–water partition coefficient (Wildman–Crippen LogP) is -0.287. The Morgan fingerprint density at radius 2 is 2.26 bits per heavy atom. The molecule has 8 heteroatoms. The van der Waals surface area contributed by atoms with Gasteiger partial charge in [0.15, 0.2) is 6.19 Å². The van der Waals surface area contributed by atoms with Gasteiger partial charge >= 0.3 is 0 Å². The van der Waals surface area contributed by atoms with Crippen molar-refractivity contribution < 1.29 is 9.53 Å². The Morgan fingerprint density at radius 1 is 1.58 bits per heavy atom. The fourth-order valence-electron chi connectivity index (χ4n) is 1.18. The summed E-state index contributed by atoms with van der Waals surface area (Å²) in [6.45, 7) is 0.0714. The first-order chi connectivity index (χ1) is 9.13. The molecule has 0 aliphatic heterocycles. The second-order valence-electron chi connectivity index (χ2n) is 3.48. The summed E-state index contributed by atoms with van der Waals surface area (Å²) >= 11 is 0. The molecule has 0 spiro atoms. The topological polar surface area (TPSA) is 128 Å². The largest absolute Gasteiger partial charge is 0.370 e. The number of ether oxygens (including phenoxy) is 1. The maximum Gasteiger partial charge on any atom is 0.243 e. The highest BCUT2D eigenvalue weighted by molar-refractivity contribution is 5.92. The number of rotatable bonds is 6. The van der Waals surface area contributed by atoms with Gasteiger partial charge in [-0.05, 0) is 12.1 Å². The lowest BCUT2D eigenvalue weighted by Gasteiger charge is -2.17. The van der Waals surface area contributed by atoms with Gasteiger partial charge in [-0.3, -0.25) is 15.2 Å². The molecule has 0 radical (unpaired) electrons. The molecule has 1 rings (SSSR count). The number of amides is 1. The number of nitriles is 1. The van der Waals surface area contributed by atoms with E-state index in [2.05, 4.69) is 10.3 Å². The molecule has 1 heterocycles. The molecule has 0 atom stereocenters. The molecular formula is C11H14N6O2. The van der Waals surface area contributed by atoms with Gasteiger partial charge in [0, 0.05) is 18.1 Å². The molecule has 0 fully saturated rings. The summed E-state index contributed by atoms with van der Waals surface area (Å²) in [5.74, 6) is -0.662. The van der Waals surface area contributed by atoms with E-state index in [9.17, 15) is 4.79 Å². The van der Waals surface area contributed by atoms with E-state index < -0.39 is 5.91 Å². The third kappa shape index (κ3) is 5.47. The zero-order chi connectivity index (χ0) is 14.1. The van der Waals surface area contributed by atoms with Crippen LogP contribution in [0.4, 0.5) is 5.69 Å². The van der Waals surface area contributed by atoms with E-state index in [1.807, 2.05) is 6.19 Å². The van der Waals surface area contributed by atoms with Crippen molar-refractivity contribution in [1.82, 2.24) is 9.88 Å². The van der Waals surface area contributed by atoms with Crippen LogP contribution in [0.1, 0.15) is 0 Å². The molecule has 0 unspecified atom stereocenters. The summed E-state index contributed by atoms with van der Waals surface area (Å²) in [7, 11) is 0. The van der Waals surface area contributed by atoms with Crippen LogP contribution in [0.5, 0.6) is 0 Å². The van der Waals surface area contributed by atoms with Crippen LogP contribution in [0, 0.1) is 16.9 Å². The van der Waals surface area contributed by atoms with E-state index in [0.29, 0.717) is 5.69 Å². The smallest absolute Gasteiger partial charge is 0.243 e. The van der Waals surface area contributed by atoms with Crippen LogP contribution in [-0.4, -0.2) is 41.5 Å². The van der Waals surface area contributed by atoms with Crippen LogP contribution in [0.15, 0.2) is 24.5 Å². The number of hydrogen-bond donors (Lipinski definition) is 3. The van der Waals surface area contributed by atoms with E-state index in [4.69, 9.17) is 21.1 Å². The average molecular weight is 262 g/mol. The molecule has 0 bridgehead atoms. The summed E-state index contributed by atoms with van der Waals surface area (Å²) in [5.41, 5.74) is 5.55. The first kappa shape index (κ1) is 14.4. The van der Waals surface area contributed by atoms with E-state index in [0.717, 1.165) is 4.90 Å². The number of primary amides is 1. The molecular weight excluding hydrogens is 248 g/mol. The normalized spacial score (nSPS) is 9.42. The maximum atomic E-state index is 10.4. The molecule has 0 aromatic carbocycles. The van der Waals surface area contributed by atoms with Crippen molar-refractivity contribution in [1.29, 1.82) is 10.7 Å². The number of carbonyl (C=O) groups is 1. The maximum absolute atomic E-state index is 10.4. The number of carbonyl (C=O) groups excluding carboxylic acids is 1. The van der Waals surface area contributed by atoms with Gasteiger partial charge in [0.25, 0.3) is 0 Å². The van der Waals surface area contributed by atoms with Crippen LogP contribution in [0.25, 0.3) is 0 Å². The van der Waals surface area contributed by atoms with Gasteiger partial charge in [-0.25, -0.2) is 4.90 Å². The van der Waals surface area contributed by atoms with Crippen LogP contribution in [0.3, 0.4) is 0 Å². The van der Waals surface area contributed by atoms with E-state index in [1.165, 1.54) is 0 Å². The summed E-state index contributed by atoms with van der Waals surface area (Å²) in [6.07, 6.45) is 4.99. The molecule has 0 saturated heterocycles. The van der Waals surface area contributed by atoms with Crippen molar-refractivity contribution in [2.24, 2.45) is 5.73 Å². The van der Waals surface area contributed by atoms with Crippen LogP contribution < -0.4 is 11.1 Å². The Hall–Kier alpha value is -2.66. The molecule has 100 valence electrons. The average Bonchev–Trinajstić information content (AvgIpc) is 2.39. The van der Waals surface area contributed by atoms with Crippen molar-refractivity contribution in [2.45, 2.75) is 0 Å². The minimum atomic E-state index is -0.575. The van der Waals surface area contributed by atoms with Crippen LogP contribution in [-0.2, 0) is 9.53 Å². The quantitative estimate of drug-likeness (QED) is 0.212. The van der Waals surface area contributed by atoms with Gasteiger partial charge in [0.2, 0.25) is 11.9 Å². The number of nitrogens with one attached hydrogen (secondary N) is 2. The molecule has 0 aliphatic rings. The second kappa shape index (κ2) is 7.62. The fraction of sp³-hybridized carbons (Fsp3) is 0.273. The van der Waals surface area contributed by atoms with Crippen molar-refractivity contribution in [2.75, 3.05) is 25.1 Å². The lowest BCUT2D eigenvalue weighted by molar-refractivity contribution is -0.122. The van der Waals surface area contributed by atoms with Gasteiger partial charge in [-0.15, -0.1) is 0 Å². The number of anilines is 1. The molecule has 0 saturated carbocycles. The van der Waals surface area contributed by atoms with Crippen molar-refractivity contribution in [3.05, 3.63) is 24.5 Å². The number of pyridine rings is 1. The highest BCUT2D eigenvalue weighted by Gasteiger charge is 2.09. The zero-order valence-electron chi connectivity index (χ0n) is 10.2. The second-order valence-corrected chi connectivity index (χ2v) is 3.48. The highest BCUT2D eigenvalue weighted by Crippen LogP contribution is 2.04. The van der Waals surface area contributed by atoms with E-state index in [1.54, 1.807) is 24.5 Å². The molecule has 4 N–H and O–H groups in total. The molecule has 1 aromatic heterocycles. The fourth-order valence-corrected chi connectivity index (χ4v) is 1.18. The third-order valence-corrected chi connectivity index (χ3v) is 2.04. The van der Waals surface area contributed by atoms with Crippen LogP contribution in [0.2, 0.25) is 0 Å². The van der Waals surface area contributed by atoms with Gasteiger partial charge in [-0.2, -0.15) is 5.26 Å². The van der Waals surface area contributed by atoms with Gasteiger partial charge < -0.3 is 15.8 Å². The Labute approximate surface area is 110 Å². The first-order valence-corrected chi connectivity index (χ1v) is 5.42. The predicted molar refractivity (Wildman–Crippen MR) is 67.9 cm³/mol. The third-order valence-electron chi connectivity index (χ3n) is 2.04. The Balaban J connectivity index is 2.40. The first-order valence-electron chi connectivity index (χ1n) is 5.42. The van der Waals surface area contributed by atoms with Gasteiger partial charge in [0.1, 0.15) is 6.61 Å². The van der Waals surface area contributed by atoms with Crippen molar-refractivity contribution in [3.63, 3.8) is 0 Å².